The third kappa shape index (κ3) is 3.49. The Balaban J connectivity index is 1.73. The molecular formula is C18H18ClN3S. The van der Waals surface area contributed by atoms with E-state index in [0.717, 1.165) is 12.2 Å². The van der Waals surface area contributed by atoms with Gasteiger partial charge in [0.1, 0.15) is 0 Å². The number of rotatable bonds is 3. The molecule has 0 aliphatic rings. The number of nitrogens with one attached hydrogen (secondary N) is 1. The molecule has 1 aromatic heterocycles. The second-order valence-electron chi connectivity index (χ2n) is 5.58. The van der Waals surface area contributed by atoms with Crippen LogP contribution in [0.1, 0.15) is 5.56 Å². The molecule has 1 heterocycles. The van der Waals surface area contributed by atoms with Gasteiger partial charge in [-0.05, 0) is 48.1 Å². The summed E-state index contributed by atoms with van der Waals surface area (Å²) < 4.78 is 2.15. The third-order valence-electron chi connectivity index (χ3n) is 3.83. The molecule has 3 rings (SSSR count). The van der Waals surface area contributed by atoms with Crippen LogP contribution in [0.25, 0.3) is 10.9 Å². The van der Waals surface area contributed by atoms with E-state index < -0.39 is 0 Å². The number of hydrogen-bond acceptors (Lipinski definition) is 1. The van der Waals surface area contributed by atoms with Gasteiger partial charge in [-0.15, -0.1) is 0 Å². The maximum atomic E-state index is 5.90. The van der Waals surface area contributed by atoms with E-state index >= 15 is 0 Å². The molecule has 3 nitrogen and oxygen atoms in total. The van der Waals surface area contributed by atoms with Crippen molar-refractivity contribution in [3.05, 3.63) is 65.3 Å². The molecule has 3 aromatic rings. The lowest BCUT2D eigenvalue weighted by Gasteiger charge is -2.21. The molecule has 0 radical (unpaired) electrons. The molecule has 0 saturated carbocycles. The van der Waals surface area contributed by atoms with Crippen LogP contribution in [0.2, 0.25) is 5.02 Å². The second-order valence-corrected chi connectivity index (χ2v) is 6.40. The number of nitrogens with zero attached hydrogens (tertiary/aromatic N) is 2. The van der Waals surface area contributed by atoms with E-state index in [1.54, 1.807) is 0 Å². The number of benzene rings is 2. The summed E-state index contributed by atoms with van der Waals surface area (Å²) in [7, 11) is 4.06. The standard InChI is InChI=1S/C18H18ClN3S/c1-21-11-13(16-5-3-4-6-17(16)21)12-22(2)18(23)20-15-9-7-14(19)8-10-15/h3-11H,12H2,1-2H3,(H,20,23). The molecular weight excluding hydrogens is 326 g/mol. The highest BCUT2D eigenvalue weighted by Crippen LogP contribution is 2.22. The summed E-state index contributed by atoms with van der Waals surface area (Å²) in [6, 6.07) is 15.9. The zero-order valence-electron chi connectivity index (χ0n) is 13.1. The Morgan fingerprint density at radius 3 is 2.61 bits per heavy atom. The van der Waals surface area contributed by atoms with Gasteiger partial charge in [-0.25, -0.2) is 0 Å². The van der Waals surface area contributed by atoms with Crippen molar-refractivity contribution in [3.8, 4) is 0 Å². The van der Waals surface area contributed by atoms with Crippen molar-refractivity contribution in [3.63, 3.8) is 0 Å². The van der Waals surface area contributed by atoms with Gasteiger partial charge in [0, 0.05) is 48.4 Å². The number of anilines is 1. The van der Waals surface area contributed by atoms with E-state index in [4.69, 9.17) is 23.8 Å². The lowest BCUT2D eigenvalue weighted by Crippen LogP contribution is -2.30. The summed E-state index contributed by atoms with van der Waals surface area (Å²) in [5, 5.41) is 5.89. The molecule has 5 heteroatoms. The maximum absolute atomic E-state index is 5.90. The molecule has 0 aliphatic heterocycles. The van der Waals surface area contributed by atoms with Gasteiger partial charge < -0.3 is 14.8 Å². The molecule has 1 N–H and O–H groups in total. The van der Waals surface area contributed by atoms with Crippen LogP contribution >= 0.6 is 23.8 Å². The maximum Gasteiger partial charge on any atom is 0.173 e. The lowest BCUT2D eigenvalue weighted by molar-refractivity contribution is 0.510. The third-order valence-corrected chi connectivity index (χ3v) is 4.49. The van der Waals surface area contributed by atoms with Crippen LogP contribution in [0, 0.1) is 0 Å². The highest BCUT2D eigenvalue weighted by Gasteiger charge is 2.10. The summed E-state index contributed by atoms with van der Waals surface area (Å²) in [5.74, 6) is 0. The van der Waals surface area contributed by atoms with Crippen molar-refractivity contribution in [2.75, 3.05) is 12.4 Å². The Hall–Kier alpha value is -2.04. The monoisotopic (exact) mass is 343 g/mol. The average molecular weight is 344 g/mol. The number of aromatic nitrogens is 1. The average Bonchev–Trinajstić information content (AvgIpc) is 2.86. The molecule has 0 amide bonds. The summed E-state index contributed by atoms with van der Waals surface area (Å²) in [4.78, 5) is 2.03. The van der Waals surface area contributed by atoms with Gasteiger partial charge in [0.05, 0.1) is 0 Å². The van der Waals surface area contributed by atoms with Gasteiger partial charge in [0.2, 0.25) is 0 Å². The van der Waals surface area contributed by atoms with E-state index in [1.165, 1.54) is 16.5 Å². The highest BCUT2D eigenvalue weighted by atomic mass is 35.5. The number of para-hydroxylation sites is 1. The quantitative estimate of drug-likeness (QED) is 0.698. The molecule has 118 valence electrons. The predicted molar refractivity (Wildman–Crippen MR) is 102 cm³/mol. The van der Waals surface area contributed by atoms with E-state index in [-0.39, 0.29) is 0 Å². The van der Waals surface area contributed by atoms with E-state index in [1.807, 2.05) is 36.2 Å². The van der Waals surface area contributed by atoms with Crippen molar-refractivity contribution >= 4 is 45.5 Å². The Morgan fingerprint density at radius 2 is 1.87 bits per heavy atom. The van der Waals surface area contributed by atoms with Gasteiger partial charge in [-0.3, -0.25) is 0 Å². The first kappa shape index (κ1) is 15.8. The Labute approximate surface area is 146 Å². The van der Waals surface area contributed by atoms with Crippen molar-refractivity contribution in [2.24, 2.45) is 7.05 Å². The Morgan fingerprint density at radius 1 is 1.17 bits per heavy atom. The fraction of sp³-hybridized carbons (Fsp3) is 0.167. The first-order valence-corrected chi connectivity index (χ1v) is 8.14. The van der Waals surface area contributed by atoms with Gasteiger partial charge in [-0.2, -0.15) is 0 Å². The molecule has 0 unspecified atom stereocenters. The summed E-state index contributed by atoms with van der Waals surface area (Å²) in [6.07, 6.45) is 2.16. The fourth-order valence-electron chi connectivity index (χ4n) is 2.63. The molecule has 0 fully saturated rings. The van der Waals surface area contributed by atoms with Crippen LogP contribution in [0.4, 0.5) is 5.69 Å². The summed E-state index contributed by atoms with van der Waals surface area (Å²) in [5.41, 5.74) is 3.42. The number of hydrogen-bond donors (Lipinski definition) is 1. The number of thiocarbonyl (C=S) groups is 1. The van der Waals surface area contributed by atoms with Gasteiger partial charge >= 0.3 is 0 Å². The highest BCUT2D eigenvalue weighted by molar-refractivity contribution is 7.80. The smallest absolute Gasteiger partial charge is 0.173 e. The molecule has 23 heavy (non-hydrogen) atoms. The fourth-order valence-corrected chi connectivity index (χ4v) is 2.94. The first-order valence-electron chi connectivity index (χ1n) is 7.35. The zero-order valence-corrected chi connectivity index (χ0v) is 14.7. The Kier molecular flexibility index (Phi) is 4.55. The minimum Gasteiger partial charge on any atom is -0.350 e. The molecule has 0 aliphatic carbocycles. The van der Waals surface area contributed by atoms with Gasteiger partial charge in [0.25, 0.3) is 0 Å². The van der Waals surface area contributed by atoms with Crippen molar-refractivity contribution in [2.45, 2.75) is 6.54 Å². The number of halogens is 1. The van der Waals surface area contributed by atoms with E-state index in [9.17, 15) is 0 Å². The van der Waals surface area contributed by atoms with Crippen LogP contribution in [0.15, 0.2) is 54.7 Å². The van der Waals surface area contributed by atoms with Crippen LogP contribution in [0.3, 0.4) is 0 Å². The minimum absolute atomic E-state index is 0.681. The topological polar surface area (TPSA) is 20.2 Å². The largest absolute Gasteiger partial charge is 0.350 e. The van der Waals surface area contributed by atoms with Gasteiger partial charge in [-0.1, -0.05) is 29.8 Å². The zero-order chi connectivity index (χ0) is 16.4. The van der Waals surface area contributed by atoms with Crippen molar-refractivity contribution < 1.29 is 0 Å². The summed E-state index contributed by atoms with van der Waals surface area (Å²) in [6.45, 7) is 0.751. The molecule has 0 bridgehead atoms. The number of fused-ring (bicyclic) bond motifs is 1. The minimum atomic E-state index is 0.681. The van der Waals surface area contributed by atoms with Crippen LogP contribution < -0.4 is 5.32 Å². The molecule has 0 spiro atoms. The second kappa shape index (κ2) is 6.60. The lowest BCUT2D eigenvalue weighted by atomic mass is 10.2. The molecule has 0 atom stereocenters. The van der Waals surface area contributed by atoms with Crippen LogP contribution in [0.5, 0.6) is 0 Å². The van der Waals surface area contributed by atoms with Crippen LogP contribution in [-0.2, 0) is 13.6 Å². The van der Waals surface area contributed by atoms with Crippen molar-refractivity contribution in [1.82, 2.24) is 9.47 Å². The van der Waals surface area contributed by atoms with E-state index in [0.29, 0.717) is 10.1 Å². The predicted octanol–water partition coefficient (Wildman–Crippen LogP) is 4.66. The van der Waals surface area contributed by atoms with Gasteiger partial charge in [0.15, 0.2) is 5.11 Å². The Bertz CT molecular complexity index is 839. The first-order chi connectivity index (χ1) is 11.0. The van der Waals surface area contributed by atoms with Crippen molar-refractivity contribution in [1.29, 1.82) is 0 Å². The van der Waals surface area contributed by atoms with Crippen LogP contribution in [-0.4, -0.2) is 21.6 Å². The SMILES string of the molecule is CN(Cc1cn(C)c2ccccc12)C(=S)Nc1ccc(Cl)cc1. The summed E-state index contributed by atoms with van der Waals surface area (Å²) >= 11 is 11.4. The number of aryl methyl sites for hydroxylation is 1. The van der Waals surface area contributed by atoms with E-state index in [2.05, 4.69) is 47.4 Å². The normalized spacial score (nSPS) is 10.7. The molecule has 0 saturated heterocycles. The molecule has 2 aromatic carbocycles.